The minimum atomic E-state index is -3.42. The Balaban J connectivity index is 2.05. The van der Waals surface area contributed by atoms with Crippen molar-refractivity contribution in [2.45, 2.75) is 24.3 Å². The first-order valence-electron chi connectivity index (χ1n) is 6.68. The summed E-state index contributed by atoms with van der Waals surface area (Å²) < 4.78 is 28.2. The summed E-state index contributed by atoms with van der Waals surface area (Å²) in [6.07, 6.45) is 0.103. The summed E-state index contributed by atoms with van der Waals surface area (Å²) in [5, 5.41) is 8.28. The van der Waals surface area contributed by atoms with E-state index in [1.54, 1.807) is 24.3 Å². The Bertz CT molecular complexity index is 657. The molecule has 1 aromatic carbocycles. The molecular formula is C14H17NO6S. The van der Waals surface area contributed by atoms with E-state index in [4.69, 9.17) is 9.84 Å². The van der Waals surface area contributed by atoms with Gasteiger partial charge in [0.2, 0.25) is 0 Å². The molecule has 0 bridgehead atoms. The molecule has 1 saturated heterocycles. The van der Waals surface area contributed by atoms with Gasteiger partial charge in [-0.3, -0.25) is 4.90 Å². The number of aliphatic carboxylic acids is 1. The minimum absolute atomic E-state index is 0.00601. The zero-order valence-electron chi connectivity index (χ0n) is 12.0. The summed E-state index contributed by atoms with van der Waals surface area (Å²) in [5.74, 6) is -1.23. The first-order chi connectivity index (χ1) is 10.3. The summed E-state index contributed by atoms with van der Waals surface area (Å²) in [5.41, 5.74) is 0.765. The molecule has 120 valence electrons. The number of carboxylic acids is 1. The van der Waals surface area contributed by atoms with Gasteiger partial charge >= 0.3 is 12.1 Å². The lowest BCUT2D eigenvalue weighted by Gasteiger charge is -2.20. The molecule has 1 fully saturated rings. The molecule has 22 heavy (non-hydrogen) atoms. The number of nitrogens with zero attached hydrogens (tertiary/aromatic N) is 1. The number of carbonyl (C=O) groups is 2. The highest BCUT2D eigenvalue weighted by atomic mass is 32.2. The van der Waals surface area contributed by atoms with Gasteiger partial charge < -0.3 is 9.84 Å². The van der Waals surface area contributed by atoms with Crippen LogP contribution in [0.4, 0.5) is 4.79 Å². The van der Waals surface area contributed by atoms with Gasteiger partial charge in [0.1, 0.15) is 12.6 Å². The standard InChI is InChI=1S/C14H17NO6S/c1-22(19,20)11-7-12(13(16)17)15(8-11)14(18)21-9-10-5-3-2-4-6-10/h2-6,11-12H,7-9H2,1H3,(H,16,17)/t11-,12+/m1/s1. The zero-order chi connectivity index (χ0) is 16.3. The van der Waals surface area contributed by atoms with Crippen LogP contribution in [0.25, 0.3) is 0 Å². The Labute approximate surface area is 128 Å². The number of hydrogen-bond donors (Lipinski definition) is 1. The van der Waals surface area contributed by atoms with Gasteiger partial charge in [-0.2, -0.15) is 0 Å². The van der Waals surface area contributed by atoms with Crippen molar-refractivity contribution in [1.29, 1.82) is 0 Å². The monoisotopic (exact) mass is 327 g/mol. The Kier molecular flexibility index (Phi) is 4.70. The third-order valence-corrected chi connectivity index (χ3v) is 5.15. The van der Waals surface area contributed by atoms with Crippen molar-refractivity contribution in [3.63, 3.8) is 0 Å². The molecular weight excluding hydrogens is 310 g/mol. The zero-order valence-corrected chi connectivity index (χ0v) is 12.8. The minimum Gasteiger partial charge on any atom is -0.480 e. The lowest BCUT2D eigenvalue weighted by Crippen LogP contribution is -2.41. The van der Waals surface area contributed by atoms with Gasteiger partial charge in [-0.05, 0) is 12.0 Å². The quantitative estimate of drug-likeness (QED) is 0.881. The van der Waals surface area contributed by atoms with Crippen LogP contribution in [0.3, 0.4) is 0 Å². The van der Waals surface area contributed by atoms with E-state index in [0.29, 0.717) is 0 Å². The van der Waals surface area contributed by atoms with Crippen LogP contribution < -0.4 is 0 Å². The Hall–Kier alpha value is -2.09. The average Bonchev–Trinajstić information content (AvgIpc) is 2.91. The molecule has 1 amide bonds. The van der Waals surface area contributed by atoms with Crippen molar-refractivity contribution in [3.8, 4) is 0 Å². The van der Waals surface area contributed by atoms with Crippen LogP contribution in [0.2, 0.25) is 0 Å². The van der Waals surface area contributed by atoms with Crippen molar-refractivity contribution in [2.24, 2.45) is 0 Å². The molecule has 0 unspecified atom stereocenters. The first-order valence-corrected chi connectivity index (χ1v) is 8.63. The smallest absolute Gasteiger partial charge is 0.410 e. The topological polar surface area (TPSA) is 101 Å². The number of likely N-dealkylation sites (tertiary alicyclic amines) is 1. The first kappa shape index (κ1) is 16.3. The molecule has 1 N–H and O–H groups in total. The highest BCUT2D eigenvalue weighted by Crippen LogP contribution is 2.24. The van der Waals surface area contributed by atoms with E-state index in [1.807, 2.05) is 6.07 Å². The normalized spacial score (nSPS) is 21.6. The highest BCUT2D eigenvalue weighted by molar-refractivity contribution is 7.91. The van der Waals surface area contributed by atoms with E-state index in [2.05, 4.69) is 0 Å². The number of rotatable bonds is 4. The number of ether oxygens (including phenoxy) is 1. The predicted molar refractivity (Wildman–Crippen MR) is 78.0 cm³/mol. The largest absolute Gasteiger partial charge is 0.480 e. The fourth-order valence-electron chi connectivity index (χ4n) is 2.35. The lowest BCUT2D eigenvalue weighted by atomic mass is 10.2. The van der Waals surface area contributed by atoms with E-state index < -0.39 is 33.2 Å². The molecule has 0 aliphatic carbocycles. The van der Waals surface area contributed by atoms with Gasteiger partial charge in [-0.15, -0.1) is 0 Å². The van der Waals surface area contributed by atoms with E-state index in [0.717, 1.165) is 16.7 Å². The van der Waals surface area contributed by atoms with Crippen LogP contribution in [-0.4, -0.2) is 54.6 Å². The molecule has 2 rings (SSSR count). The van der Waals surface area contributed by atoms with Crippen LogP contribution in [-0.2, 0) is 26.0 Å². The summed E-state index contributed by atoms with van der Waals surface area (Å²) in [6.45, 7) is -0.157. The summed E-state index contributed by atoms with van der Waals surface area (Å²) in [4.78, 5) is 24.2. The average molecular weight is 327 g/mol. The van der Waals surface area contributed by atoms with Crippen molar-refractivity contribution >= 4 is 21.9 Å². The van der Waals surface area contributed by atoms with Gasteiger partial charge in [0.15, 0.2) is 9.84 Å². The summed E-state index contributed by atoms with van der Waals surface area (Å²) in [7, 11) is -3.42. The van der Waals surface area contributed by atoms with Gasteiger partial charge in [-0.25, -0.2) is 18.0 Å². The second-order valence-corrected chi connectivity index (χ2v) is 7.56. The summed E-state index contributed by atoms with van der Waals surface area (Å²) >= 11 is 0. The third-order valence-electron chi connectivity index (χ3n) is 3.59. The maximum atomic E-state index is 12.1. The van der Waals surface area contributed by atoms with Crippen molar-refractivity contribution < 1.29 is 27.9 Å². The van der Waals surface area contributed by atoms with Gasteiger partial charge in [0.05, 0.1) is 5.25 Å². The van der Waals surface area contributed by atoms with Crippen LogP contribution in [0.15, 0.2) is 30.3 Å². The number of benzene rings is 1. The molecule has 7 nitrogen and oxygen atoms in total. The third kappa shape index (κ3) is 3.76. The molecule has 2 atom stereocenters. The number of hydrogen-bond acceptors (Lipinski definition) is 5. The van der Waals surface area contributed by atoms with Crippen LogP contribution >= 0.6 is 0 Å². The molecule has 1 heterocycles. The predicted octanol–water partition coefficient (Wildman–Crippen LogP) is 0.895. The Morgan fingerprint density at radius 3 is 2.50 bits per heavy atom. The molecule has 1 aliphatic heterocycles. The van der Waals surface area contributed by atoms with Crippen LogP contribution in [0.5, 0.6) is 0 Å². The maximum absolute atomic E-state index is 12.1. The molecule has 8 heteroatoms. The molecule has 1 aliphatic rings. The van der Waals surface area contributed by atoms with Gasteiger partial charge in [0, 0.05) is 12.8 Å². The number of sulfone groups is 1. The molecule has 0 saturated carbocycles. The Morgan fingerprint density at radius 1 is 1.32 bits per heavy atom. The van der Waals surface area contributed by atoms with E-state index in [9.17, 15) is 18.0 Å². The SMILES string of the molecule is CS(=O)(=O)[C@@H]1C[C@@H](C(=O)O)N(C(=O)OCc2ccccc2)C1. The van der Waals surface area contributed by atoms with E-state index in [-0.39, 0.29) is 19.6 Å². The van der Waals surface area contributed by atoms with E-state index >= 15 is 0 Å². The number of carboxylic acid groups (broad SMARTS) is 1. The van der Waals surface area contributed by atoms with Gasteiger partial charge in [-0.1, -0.05) is 30.3 Å². The van der Waals surface area contributed by atoms with Crippen LogP contribution in [0.1, 0.15) is 12.0 Å². The fourth-order valence-corrected chi connectivity index (χ4v) is 3.31. The lowest BCUT2D eigenvalue weighted by molar-refractivity contribution is -0.141. The highest BCUT2D eigenvalue weighted by Gasteiger charge is 2.44. The molecule has 0 radical (unpaired) electrons. The molecule has 0 spiro atoms. The van der Waals surface area contributed by atoms with Crippen LogP contribution in [0, 0.1) is 0 Å². The Morgan fingerprint density at radius 2 is 1.95 bits per heavy atom. The van der Waals surface area contributed by atoms with Crippen molar-refractivity contribution in [3.05, 3.63) is 35.9 Å². The fraction of sp³-hybridized carbons (Fsp3) is 0.429. The second kappa shape index (κ2) is 6.35. The second-order valence-electron chi connectivity index (χ2n) is 5.23. The number of amides is 1. The molecule has 0 aromatic heterocycles. The van der Waals surface area contributed by atoms with Crippen molar-refractivity contribution in [1.82, 2.24) is 4.90 Å². The molecule has 1 aromatic rings. The van der Waals surface area contributed by atoms with Crippen molar-refractivity contribution in [2.75, 3.05) is 12.8 Å². The van der Waals surface area contributed by atoms with E-state index in [1.165, 1.54) is 0 Å². The van der Waals surface area contributed by atoms with Gasteiger partial charge in [0.25, 0.3) is 0 Å². The number of carbonyl (C=O) groups excluding carboxylic acids is 1. The summed E-state index contributed by atoms with van der Waals surface area (Å²) in [6, 6.07) is 7.76. The maximum Gasteiger partial charge on any atom is 0.410 e.